The number of anilines is 1. The molecule has 0 aliphatic rings. The summed E-state index contributed by atoms with van der Waals surface area (Å²) in [5.41, 5.74) is 2.29. The molecule has 1 amide bonds. The van der Waals surface area contributed by atoms with E-state index in [9.17, 15) is 4.79 Å². The van der Waals surface area contributed by atoms with E-state index in [1.807, 2.05) is 36.4 Å². The molecule has 2 heterocycles. The SMILES string of the molecule is O=C(NCc1cccnc1)c1cc(NCc2ccc(Cl)cc2)ncn1. The number of hydrogen-bond donors (Lipinski definition) is 2. The van der Waals surface area contributed by atoms with Gasteiger partial charge in [0.25, 0.3) is 5.91 Å². The van der Waals surface area contributed by atoms with Crippen molar-refractivity contribution in [2.75, 3.05) is 5.32 Å². The van der Waals surface area contributed by atoms with E-state index in [-0.39, 0.29) is 5.91 Å². The molecule has 1 aromatic carbocycles. The second-order valence-corrected chi connectivity index (χ2v) is 5.75. The van der Waals surface area contributed by atoms with Gasteiger partial charge in [0.2, 0.25) is 0 Å². The van der Waals surface area contributed by atoms with Crippen LogP contribution < -0.4 is 10.6 Å². The lowest BCUT2D eigenvalue weighted by molar-refractivity contribution is 0.0945. The van der Waals surface area contributed by atoms with E-state index in [0.29, 0.717) is 29.6 Å². The summed E-state index contributed by atoms with van der Waals surface area (Å²) in [6.45, 7) is 0.967. The van der Waals surface area contributed by atoms with Gasteiger partial charge >= 0.3 is 0 Å². The van der Waals surface area contributed by atoms with Crippen molar-refractivity contribution in [2.24, 2.45) is 0 Å². The van der Waals surface area contributed by atoms with E-state index in [2.05, 4.69) is 25.6 Å². The number of hydrogen-bond acceptors (Lipinski definition) is 5. The van der Waals surface area contributed by atoms with Crippen LogP contribution in [0, 0.1) is 0 Å². The molecule has 0 saturated carbocycles. The van der Waals surface area contributed by atoms with Crippen molar-refractivity contribution in [1.82, 2.24) is 20.3 Å². The molecule has 0 atom stereocenters. The molecule has 3 aromatic rings. The lowest BCUT2D eigenvalue weighted by Gasteiger charge is -2.08. The molecule has 7 heteroatoms. The fourth-order valence-corrected chi connectivity index (χ4v) is 2.27. The van der Waals surface area contributed by atoms with Crippen molar-refractivity contribution < 1.29 is 4.79 Å². The van der Waals surface area contributed by atoms with Gasteiger partial charge < -0.3 is 10.6 Å². The Morgan fingerprint density at radius 2 is 1.88 bits per heavy atom. The highest BCUT2D eigenvalue weighted by molar-refractivity contribution is 6.30. The number of rotatable bonds is 6. The van der Waals surface area contributed by atoms with Gasteiger partial charge in [0.15, 0.2) is 0 Å². The first-order valence-corrected chi connectivity index (χ1v) is 8.06. The third-order valence-electron chi connectivity index (χ3n) is 3.46. The minimum Gasteiger partial charge on any atom is -0.366 e. The summed E-state index contributed by atoms with van der Waals surface area (Å²) in [6, 6.07) is 12.9. The Kier molecular flexibility index (Phi) is 5.53. The van der Waals surface area contributed by atoms with E-state index >= 15 is 0 Å². The zero-order chi connectivity index (χ0) is 17.5. The molecule has 126 valence electrons. The smallest absolute Gasteiger partial charge is 0.270 e. The molecule has 3 rings (SSSR count). The average molecular weight is 354 g/mol. The van der Waals surface area contributed by atoms with Crippen molar-refractivity contribution in [3.8, 4) is 0 Å². The normalized spacial score (nSPS) is 10.3. The Hall–Kier alpha value is -2.99. The van der Waals surface area contributed by atoms with Crippen LogP contribution in [-0.4, -0.2) is 20.9 Å². The number of nitrogens with one attached hydrogen (secondary N) is 2. The summed E-state index contributed by atoms with van der Waals surface area (Å²) >= 11 is 5.87. The predicted octanol–water partition coefficient (Wildman–Crippen LogP) is 3.07. The maximum absolute atomic E-state index is 12.2. The number of halogens is 1. The average Bonchev–Trinajstić information content (AvgIpc) is 2.67. The van der Waals surface area contributed by atoms with Crippen molar-refractivity contribution in [2.45, 2.75) is 13.1 Å². The molecule has 0 radical (unpaired) electrons. The second-order valence-electron chi connectivity index (χ2n) is 5.31. The van der Waals surface area contributed by atoms with Gasteiger partial charge in [-0.2, -0.15) is 0 Å². The van der Waals surface area contributed by atoms with Gasteiger partial charge in [0.05, 0.1) is 0 Å². The number of carbonyl (C=O) groups excluding carboxylic acids is 1. The van der Waals surface area contributed by atoms with Crippen LogP contribution in [-0.2, 0) is 13.1 Å². The number of benzene rings is 1. The van der Waals surface area contributed by atoms with Gasteiger partial charge in [-0.1, -0.05) is 29.8 Å². The second kappa shape index (κ2) is 8.21. The van der Waals surface area contributed by atoms with Crippen molar-refractivity contribution in [3.05, 3.63) is 83.0 Å². The van der Waals surface area contributed by atoms with Crippen LogP contribution in [0.25, 0.3) is 0 Å². The summed E-state index contributed by atoms with van der Waals surface area (Å²) < 4.78 is 0. The highest BCUT2D eigenvalue weighted by Gasteiger charge is 2.08. The predicted molar refractivity (Wildman–Crippen MR) is 96.2 cm³/mol. The maximum Gasteiger partial charge on any atom is 0.270 e. The first-order valence-electron chi connectivity index (χ1n) is 7.68. The third-order valence-corrected chi connectivity index (χ3v) is 3.71. The number of aromatic nitrogens is 3. The minimum atomic E-state index is -0.263. The Morgan fingerprint density at radius 1 is 1.04 bits per heavy atom. The van der Waals surface area contributed by atoms with Crippen LogP contribution in [0.15, 0.2) is 61.2 Å². The molecule has 2 N–H and O–H groups in total. The zero-order valence-electron chi connectivity index (χ0n) is 13.3. The van der Waals surface area contributed by atoms with Crippen LogP contribution in [0.5, 0.6) is 0 Å². The molecule has 0 unspecified atom stereocenters. The molecule has 2 aromatic heterocycles. The summed E-state index contributed by atoms with van der Waals surface area (Å²) in [6.07, 6.45) is 4.76. The van der Waals surface area contributed by atoms with Gasteiger partial charge in [-0.25, -0.2) is 9.97 Å². The van der Waals surface area contributed by atoms with Crippen LogP contribution in [0.2, 0.25) is 5.02 Å². The van der Waals surface area contributed by atoms with E-state index in [1.165, 1.54) is 6.33 Å². The minimum absolute atomic E-state index is 0.263. The van der Waals surface area contributed by atoms with Crippen molar-refractivity contribution in [1.29, 1.82) is 0 Å². The standard InChI is InChI=1S/C18H16ClN5O/c19-15-5-3-13(4-6-15)10-21-17-8-16(23-12-24-17)18(25)22-11-14-2-1-7-20-9-14/h1-9,12H,10-11H2,(H,22,25)(H,21,23,24). The van der Waals surface area contributed by atoms with Crippen LogP contribution >= 0.6 is 11.6 Å². The molecule has 6 nitrogen and oxygen atoms in total. The number of pyridine rings is 1. The Bertz CT molecular complexity index is 840. The quantitative estimate of drug-likeness (QED) is 0.712. The monoisotopic (exact) mass is 353 g/mol. The zero-order valence-corrected chi connectivity index (χ0v) is 14.1. The van der Waals surface area contributed by atoms with Crippen molar-refractivity contribution in [3.63, 3.8) is 0 Å². The molecule has 0 bridgehead atoms. The molecule has 0 fully saturated rings. The molecule has 0 aliphatic carbocycles. The van der Waals surface area contributed by atoms with Crippen LogP contribution in [0.4, 0.5) is 5.82 Å². The van der Waals surface area contributed by atoms with Gasteiger partial charge in [-0.05, 0) is 29.3 Å². The third kappa shape index (κ3) is 4.99. The number of carbonyl (C=O) groups is 1. The molecular weight excluding hydrogens is 338 g/mol. The van der Waals surface area contributed by atoms with Crippen molar-refractivity contribution >= 4 is 23.3 Å². The molecule has 0 spiro atoms. The van der Waals surface area contributed by atoms with Crippen LogP contribution in [0.1, 0.15) is 21.6 Å². The van der Waals surface area contributed by atoms with Gasteiger partial charge in [0, 0.05) is 36.6 Å². The fraction of sp³-hybridized carbons (Fsp3) is 0.111. The van der Waals surface area contributed by atoms with Crippen LogP contribution in [0.3, 0.4) is 0 Å². The lowest BCUT2D eigenvalue weighted by atomic mass is 10.2. The van der Waals surface area contributed by atoms with E-state index in [1.54, 1.807) is 18.5 Å². The Morgan fingerprint density at radius 3 is 2.64 bits per heavy atom. The summed E-state index contributed by atoms with van der Waals surface area (Å²) in [4.78, 5) is 24.4. The molecule has 0 saturated heterocycles. The molecular formula is C18H16ClN5O. The summed E-state index contributed by atoms with van der Waals surface area (Å²) in [5.74, 6) is 0.317. The first-order chi connectivity index (χ1) is 12.2. The van der Waals surface area contributed by atoms with E-state index in [0.717, 1.165) is 11.1 Å². The van der Waals surface area contributed by atoms with E-state index < -0.39 is 0 Å². The Labute approximate surface area is 150 Å². The largest absolute Gasteiger partial charge is 0.366 e. The maximum atomic E-state index is 12.2. The van der Waals surface area contributed by atoms with E-state index in [4.69, 9.17) is 11.6 Å². The van der Waals surface area contributed by atoms with Gasteiger partial charge in [0.1, 0.15) is 17.8 Å². The summed E-state index contributed by atoms with van der Waals surface area (Å²) in [5, 5.41) is 6.67. The first kappa shape index (κ1) is 16.9. The highest BCUT2D eigenvalue weighted by Crippen LogP contribution is 2.11. The number of amides is 1. The summed E-state index contributed by atoms with van der Waals surface area (Å²) in [7, 11) is 0. The number of nitrogens with zero attached hydrogens (tertiary/aromatic N) is 3. The van der Waals surface area contributed by atoms with Gasteiger partial charge in [-0.15, -0.1) is 0 Å². The topological polar surface area (TPSA) is 79.8 Å². The fourth-order valence-electron chi connectivity index (χ4n) is 2.15. The van der Waals surface area contributed by atoms with Gasteiger partial charge in [-0.3, -0.25) is 9.78 Å². The lowest BCUT2D eigenvalue weighted by Crippen LogP contribution is -2.24. The highest BCUT2D eigenvalue weighted by atomic mass is 35.5. The Balaban J connectivity index is 1.58. The molecule has 0 aliphatic heterocycles. The molecule has 25 heavy (non-hydrogen) atoms.